The summed E-state index contributed by atoms with van der Waals surface area (Å²) in [5.74, 6) is -0.209. The number of quaternary nitrogens is 1. The van der Waals surface area contributed by atoms with Gasteiger partial charge in [-0.3, -0.25) is 10.1 Å². The molecule has 1 heterocycles. The Bertz CT molecular complexity index is 525. The summed E-state index contributed by atoms with van der Waals surface area (Å²) >= 11 is 5.29. The molecule has 118 valence electrons. The standard InChI is InChI=1S/C16H21N3O2S/c20-13-12-18-8-10-19(11-9-18)16(22)17-15(21)7-6-14-4-2-1-3-5-14/h1-7,20H,8-13H2,(H,17,21,22)/p+1/b7-6+. The number of benzene rings is 1. The van der Waals surface area contributed by atoms with Gasteiger partial charge in [0.15, 0.2) is 5.11 Å². The lowest BCUT2D eigenvalue weighted by Gasteiger charge is -2.33. The maximum absolute atomic E-state index is 11.9. The van der Waals surface area contributed by atoms with Crippen molar-refractivity contribution in [2.75, 3.05) is 39.3 Å². The zero-order chi connectivity index (χ0) is 15.8. The van der Waals surface area contributed by atoms with Crippen LogP contribution < -0.4 is 10.2 Å². The Hall–Kier alpha value is -1.76. The molecule has 1 aliphatic rings. The molecule has 1 amide bonds. The number of nitrogens with zero attached hydrogens (tertiary/aromatic N) is 1. The van der Waals surface area contributed by atoms with Crippen LogP contribution >= 0.6 is 12.2 Å². The molecule has 1 fully saturated rings. The van der Waals surface area contributed by atoms with Crippen molar-refractivity contribution in [3.63, 3.8) is 0 Å². The van der Waals surface area contributed by atoms with Crippen LogP contribution in [0.5, 0.6) is 0 Å². The van der Waals surface area contributed by atoms with Crippen molar-refractivity contribution in [2.45, 2.75) is 0 Å². The molecule has 0 unspecified atom stereocenters. The number of rotatable bonds is 4. The quantitative estimate of drug-likeness (QED) is 0.507. The van der Waals surface area contributed by atoms with Crippen molar-refractivity contribution in [2.24, 2.45) is 0 Å². The maximum Gasteiger partial charge on any atom is 0.250 e. The number of aliphatic hydroxyl groups is 1. The van der Waals surface area contributed by atoms with Gasteiger partial charge in [0.1, 0.15) is 6.54 Å². The number of piperazine rings is 1. The zero-order valence-corrected chi connectivity index (χ0v) is 13.3. The van der Waals surface area contributed by atoms with Crippen LogP contribution in [0.1, 0.15) is 5.56 Å². The van der Waals surface area contributed by atoms with Crippen molar-refractivity contribution in [3.8, 4) is 0 Å². The number of amides is 1. The summed E-state index contributed by atoms with van der Waals surface area (Å²) < 4.78 is 0. The minimum absolute atomic E-state index is 0.209. The summed E-state index contributed by atoms with van der Waals surface area (Å²) in [6.07, 6.45) is 3.26. The molecule has 0 bridgehead atoms. The summed E-state index contributed by atoms with van der Waals surface area (Å²) in [7, 11) is 0. The first-order chi connectivity index (χ1) is 10.7. The number of carbonyl (C=O) groups is 1. The van der Waals surface area contributed by atoms with Crippen molar-refractivity contribution < 1.29 is 14.8 Å². The normalized spacial score (nSPS) is 16.0. The molecule has 22 heavy (non-hydrogen) atoms. The van der Waals surface area contributed by atoms with Crippen LogP contribution in [-0.2, 0) is 4.79 Å². The highest BCUT2D eigenvalue weighted by Crippen LogP contribution is 2.00. The topological polar surface area (TPSA) is 57.0 Å². The molecule has 0 atom stereocenters. The van der Waals surface area contributed by atoms with Gasteiger partial charge in [-0.25, -0.2) is 0 Å². The summed E-state index contributed by atoms with van der Waals surface area (Å²) in [4.78, 5) is 15.3. The summed E-state index contributed by atoms with van der Waals surface area (Å²) in [6.45, 7) is 4.44. The highest BCUT2D eigenvalue weighted by molar-refractivity contribution is 7.80. The Morgan fingerprint density at radius 3 is 2.64 bits per heavy atom. The van der Waals surface area contributed by atoms with Gasteiger partial charge in [0.2, 0.25) is 5.91 Å². The van der Waals surface area contributed by atoms with Gasteiger partial charge in [0.05, 0.1) is 32.8 Å². The average molecular weight is 320 g/mol. The first-order valence-electron chi connectivity index (χ1n) is 7.46. The fraction of sp³-hybridized carbons (Fsp3) is 0.375. The van der Waals surface area contributed by atoms with E-state index in [9.17, 15) is 4.79 Å². The molecule has 2 rings (SSSR count). The van der Waals surface area contributed by atoms with E-state index in [-0.39, 0.29) is 12.5 Å². The van der Waals surface area contributed by atoms with E-state index < -0.39 is 0 Å². The van der Waals surface area contributed by atoms with E-state index in [1.54, 1.807) is 6.08 Å². The van der Waals surface area contributed by atoms with Gasteiger partial charge in [0.25, 0.3) is 0 Å². The minimum atomic E-state index is -0.209. The molecule has 0 aliphatic carbocycles. The predicted molar refractivity (Wildman–Crippen MR) is 90.4 cm³/mol. The van der Waals surface area contributed by atoms with Gasteiger partial charge in [-0.15, -0.1) is 0 Å². The molecule has 1 aromatic carbocycles. The number of carbonyl (C=O) groups excluding carboxylic acids is 1. The van der Waals surface area contributed by atoms with Gasteiger partial charge in [-0.1, -0.05) is 30.3 Å². The predicted octanol–water partition coefficient (Wildman–Crippen LogP) is -0.706. The molecule has 0 aromatic heterocycles. The molecular weight excluding hydrogens is 298 g/mol. The molecule has 0 radical (unpaired) electrons. The van der Waals surface area contributed by atoms with Gasteiger partial charge in [-0.2, -0.15) is 0 Å². The zero-order valence-electron chi connectivity index (χ0n) is 12.5. The monoisotopic (exact) mass is 320 g/mol. The maximum atomic E-state index is 11.9. The second-order valence-corrected chi connectivity index (χ2v) is 5.64. The van der Waals surface area contributed by atoms with Crippen molar-refractivity contribution in [1.82, 2.24) is 10.2 Å². The van der Waals surface area contributed by atoms with Crippen molar-refractivity contribution >= 4 is 29.3 Å². The summed E-state index contributed by atoms with van der Waals surface area (Å²) in [5.41, 5.74) is 0.977. The van der Waals surface area contributed by atoms with Crippen LogP contribution in [0.2, 0.25) is 0 Å². The molecule has 1 aliphatic heterocycles. The van der Waals surface area contributed by atoms with E-state index in [2.05, 4.69) is 5.32 Å². The van der Waals surface area contributed by atoms with Gasteiger partial charge < -0.3 is 14.9 Å². The minimum Gasteiger partial charge on any atom is -0.391 e. The van der Waals surface area contributed by atoms with Crippen molar-refractivity contribution in [3.05, 3.63) is 42.0 Å². The third kappa shape index (κ3) is 5.22. The lowest BCUT2D eigenvalue weighted by Crippen LogP contribution is -3.15. The van der Waals surface area contributed by atoms with Crippen LogP contribution in [0.15, 0.2) is 36.4 Å². The number of nitrogens with one attached hydrogen (secondary N) is 2. The van der Waals surface area contributed by atoms with E-state index in [0.29, 0.717) is 5.11 Å². The van der Waals surface area contributed by atoms with Crippen molar-refractivity contribution in [1.29, 1.82) is 0 Å². The second kappa shape index (κ2) is 8.63. The van der Waals surface area contributed by atoms with E-state index >= 15 is 0 Å². The number of thiocarbonyl (C=S) groups is 1. The Balaban J connectivity index is 1.77. The molecule has 0 spiro atoms. The average Bonchev–Trinajstić information content (AvgIpc) is 2.55. The Labute approximate surface area is 136 Å². The summed E-state index contributed by atoms with van der Waals surface area (Å²) in [5, 5.41) is 12.2. The highest BCUT2D eigenvalue weighted by atomic mass is 32.1. The second-order valence-electron chi connectivity index (χ2n) is 5.25. The molecule has 0 saturated carbocycles. The number of hydrogen-bond acceptors (Lipinski definition) is 3. The first kappa shape index (κ1) is 16.6. The van der Waals surface area contributed by atoms with Crippen LogP contribution in [0.25, 0.3) is 6.08 Å². The van der Waals surface area contributed by atoms with E-state index in [0.717, 1.165) is 38.3 Å². The largest absolute Gasteiger partial charge is 0.391 e. The molecular formula is C16H22N3O2S+. The molecule has 1 aromatic rings. The van der Waals surface area contributed by atoms with Gasteiger partial charge >= 0.3 is 0 Å². The SMILES string of the molecule is O=C(/C=C/c1ccccc1)NC(=S)N1CC[NH+](CCO)CC1. The van der Waals surface area contributed by atoms with E-state index in [1.807, 2.05) is 35.2 Å². The number of hydrogen-bond donors (Lipinski definition) is 3. The Morgan fingerprint density at radius 2 is 2.00 bits per heavy atom. The van der Waals surface area contributed by atoms with Crippen LogP contribution in [0.4, 0.5) is 0 Å². The Kier molecular flexibility index (Phi) is 6.51. The smallest absolute Gasteiger partial charge is 0.250 e. The van der Waals surface area contributed by atoms with Gasteiger partial charge in [-0.05, 0) is 23.9 Å². The fourth-order valence-corrected chi connectivity index (χ4v) is 2.68. The third-order valence-electron chi connectivity index (χ3n) is 3.68. The van der Waals surface area contributed by atoms with Gasteiger partial charge in [0, 0.05) is 6.08 Å². The van der Waals surface area contributed by atoms with E-state index in [4.69, 9.17) is 17.3 Å². The summed E-state index contributed by atoms with van der Waals surface area (Å²) in [6, 6.07) is 9.66. The Morgan fingerprint density at radius 1 is 1.32 bits per heavy atom. The third-order valence-corrected chi connectivity index (χ3v) is 4.04. The molecule has 3 N–H and O–H groups in total. The van der Waals surface area contributed by atoms with Crippen LogP contribution in [0, 0.1) is 0 Å². The van der Waals surface area contributed by atoms with E-state index in [1.165, 1.54) is 11.0 Å². The molecule has 6 heteroatoms. The fourth-order valence-electron chi connectivity index (χ4n) is 2.40. The molecule has 1 saturated heterocycles. The molecule has 5 nitrogen and oxygen atoms in total. The highest BCUT2D eigenvalue weighted by Gasteiger charge is 2.21. The lowest BCUT2D eigenvalue weighted by molar-refractivity contribution is -0.904. The van der Waals surface area contributed by atoms with Crippen LogP contribution in [-0.4, -0.2) is 60.4 Å². The lowest BCUT2D eigenvalue weighted by atomic mass is 10.2. The first-order valence-corrected chi connectivity index (χ1v) is 7.87. The number of aliphatic hydroxyl groups excluding tert-OH is 1. The van der Waals surface area contributed by atoms with Crippen LogP contribution in [0.3, 0.4) is 0 Å².